The summed E-state index contributed by atoms with van der Waals surface area (Å²) in [5.74, 6) is 0.966. The number of rotatable bonds is 5. The van der Waals surface area contributed by atoms with Gasteiger partial charge < -0.3 is 28.5 Å². The largest absolute Gasteiger partial charge is 1.00 e. The van der Waals surface area contributed by atoms with E-state index in [0.717, 1.165) is 33.1 Å². The molecule has 4 rings (SSSR count). The summed E-state index contributed by atoms with van der Waals surface area (Å²) in [5.41, 5.74) is 1.66. The minimum atomic E-state index is 0. The van der Waals surface area contributed by atoms with Crippen LogP contribution >= 0.6 is 11.8 Å². The third kappa shape index (κ3) is 4.60. The Balaban J connectivity index is 0.00000225. The fourth-order valence-corrected chi connectivity index (χ4v) is 5.07. The average Bonchev–Trinajstić information content (AvgIpc) is 2.69. The number of thioether (sulfide) groups is 1. The van der Waals surface area contributed by atoms with Gasteiger partial charge in [-0.2, -0.15) is 0 Å². The number of nitrogens with zero attached hydrogens (tertiary/aromatic N) is 3. The van der Waals surface area contributed by atoms with Gasteiger partial charge in [-0.1, -0.05) is 42.1 Å². The number of halogens is 1. The van der Waals surface area contributed by atoms with Crippen molar-refractivity contribution in [1.82, 2.24) is 9.55 Å². The third-order valence-corrected chi connectivity index (χ3v) is 6.44. The molecule has 0 saturated carbocycles. The van der Waals surface area contributed by atoms with Crippen LogP contribution in [0.3, 0.4) is 0 Å². The monoisotopic (exact) mass is 507 g/mol. The predicted octanol–water partition coefficient (Wildman–Crippen LogP) is 1.11. The van der Waals surface area contributed by atoms with Gasteiger partial charge in [0.05, 0.1) is 49.0 Å². The summed E-state index contributed by atoms with van der Waals surface area (Å²) in [6.45, 7) is 3.64. The molecule has 0 N–H and O–H groups in total. The lowest BCUT2D eigenvalue weighted by Gasteiger charge is -2.37. The molecule has 3 aromatic rings. The molecule has 1 aromatic heterocycles. The molecule has 0 atom stereocenters. The van der Waals surface area contributed by atoms with Gasteiger partial charge in [-0.25, -0.2) is 4.98 Å². The van der Waals surface area contributed by atoms with Crippen LogP contribution in [0.25, 0.3) is 16.6 Å². The Morgan fingerprint density at radius 2 is 1.68 bits per heavy atom. The van der Waals surface area contributed by atoms with Crippen LogP contribution < -0.4 is 29.5 Å². The summed E-state index contributed by atoms with van der Waals surface area (Å²) in [6, 6.07) is 17.5. The molecule has 28 heavy (non-hydrogen) atoms. The number of para-hydroxylation sites is 2. The fraction of sp³-hybridized carbons (Fsp3) is 0.364. The minimum absolute atomic E-state index is 0. The number of quaternary nitrogens is 1. The number of hydrogen-bond acceptors (Lipinski definition) is 3. The predicted molar refractivity (Wildman–Crippen MR) is 113 cm³/mol. The second-order valence-electron chi connectivity index (χ2n) is 7.59. The SMILES string of the molecule is C[N+]1(CCSc2nc3ccccc3c(=O)n2-c2ccccc2)CCCCC1.[I-]. The molecule has 1 aliphatic rings. The molecule has 0 amide bonds. The highest BCUT2D eigenvalue weighted by Crippen LogP contribution is 2.23. The van der Waals surface area contributed by atoms with Crippen LogP contribution in [0.2, 0.25) is 0 Å². The summed E-state index contributed by atoms with van der Waals surface area (Å²) >= 11 is 1.70. The Morgan fingerprint density at radius 3 is 2.43 bits per heavy atom. The Hall–Kier alpha value is -1.38. The van der Waals surface area contributed by atoms with Gasteiger partial charge in [-0.3, -0.25) is 9.36 Å². The molecule has 0 bridgehead atoms. The molecule has 0 unspecified atom stereocenters. The van der Waals surface area contributed by atoms with E-state index in [1.165, 1.54) is 32.4 Å². The molecular formula is C22H26IN3OS. The molecule has 6 heteroatoms. The van der Waals surface area contributed by atoms with Crippen LogP contribution in [0, 0.1) is 0 Å². The van der Waals surface area contributed by atoms with Crippen molar-refractivity contribution in [3.63, 3.8) is 0 Å². The number of likely N-dealkylation sites (tertiary alicyclic amines) is 1. The second kappa shape index (κ2) is 9.41. The minimum Gasteiger partial charge on any atom is -1.00 e. The zero-order valence-corrected chi connectivity index (χ0v) is 19.2. The van der Waals surface area contributed by atoms with E-state index < -0.39 is 0 Å². The highest BCUT2D eigenvalue weighted by Gasteiger charge is 2.24. The first kappa shape index (κ1) is 21.3. The van der Waals surface area contributed by atoms with Crippen molar-refractivity contribution in [1.29, 1.82) is 0 Å². The van der Waals surface area contributed by atoms with Crippen molar-refractivity contribution < 1.29 is 28.5 Å². The molecule has 0 aliphatic carbocycles. The van der Waals surface area contributed by atoms with Crippen molar-refractivity contribution in [3.05, 3.63) is 65.0 Å². The van der Waals surface area contributed by atoms with E-state index in [1.807, 2.05) is 54.6 Å². The first-order valence-corrected chi connectivity index (χ1v) is 10.7. The zero-order chi connectivity index (χ0) is 18.7. The summed E-state index contributed by atoms with van der Waals surface area (Å²) < 4.78 is 2.90. The molecule has 2 aromatic carbocycles. The van der Waals surface area contributed by atoms with Crippen molar-refractivity contribution in [2.45, 2.75) is 24.4 Å². The number of aromatic nitrogens is 2. The Bertz CT molecular complexity index is 984. The van der Waals surface area contributed by atoms with Gasteiger partial charge in [0, 0.05) is 0 Å². The van der Waals surface area contributed by atoms with E-state index in [4.69, 9.17) is 4.98 Å². The summed E-state index contributed by atoms with van der Waals surface area (Å²) in [7, 11) is 2.36. The summed E-state index contributed by atoms with van der Waals surface area (Å²) in [6.07, 6.45) is 4.01. The van der Waals surface area contributed by atoms with Crippen LogP contribution in [0.1, 0.15) is 19.3 Å². The molecule has 0 spiro atoms. The zero-order valence-electron chi connectivity index (χ0n) is 16.2. The lowest BCUT2D eigenvalue weighted by Crippen LogP contribution is -3.00. The maximum atomic E-state index is 13.2. The van der Waals surface area contributed by atoms with Gasteiger partial charge in [0.1, 0.15) is 0 Å². The first-order chi connectivity index (χ1) is 13.2. The van der Waals surface area contributed by atoms with E-state index in [9.17, 15) is 4.79 Å². The maximum absolute atomic E-state index is 13.2. The van der Waals surface area contributed by atoms with Crippen molar-refractivity contribution >= 4 is 22.7 Å². The molecule has 4 nitrogen and oxygen atoms in total. The molecule has 2 heterocycles. The van der Waals surface area contributed by atoms with Gasteiger partial charge >= 0.3 is 0 Å². The van der Waals surface area contributed by atoms with E-state index in [2.05, 4.69) is 7.05 Å². The Kier molecular flexibility index (Phi) is 7.17. The molecular weight excluding hydrogens is 481 g/mol. The van der Waals surface area contributed by atoms with Crippen molar-refractivity contribution in [2.24, 2.45) is 0 Å². The Morgan fingerprint density at radius 1 is 1.00 bits per heavy atom. The quantitative estimate of drug-likeness (QED) is 0.225. The topological polar surface area (TPSA) is 34.9 Å². The van der Waals surface area contributed by atoms with Crippen LogP contribution in [0.4, 0.5) is 0 Å². The van der Waals surface area contributed by atoms with Crippen LogP contribution in [-0.2, 0) is 0 Å². The Labute approximate surface area is 187 Å². The van der Waals surface area contributed by atoms with Gasteiger partial charge in [-0.15, -0.1) is 0 Å². The number of piperidine rings is 1. The molecule has 148 valence electrons. The highest BCUT2D eigenvalue weighted by molar-refractivity contribution is 7.99. The summed E-state index contributed by atoms with van der Waals surface area (Å²) in [4.78, 5) is 18.0. The van der Waals surface area contributed by atoms with Crippen molar-refractivity contribution in [3.8, 4) is 5.69 Å². The van der Waals surface area contributed by atoms with E-state index >= 15 is 0 Å². The van der Waals surface area contributed by atoms with Gasteiger partial charge in [0.25, 0.3) is 5.56 Å². The van der Waals surface area contributed by atoms with E-state index in [0.29, 0.717) is 5.39 Å². The normalized spacial score (nSPS) is 15.9. The highest BCUT2D eigenvalue weighted by atomic mass is 127. The van der Waals surface area contributed by atoms with Crippen molar-refractivity contribution in [2.75, 3.05) is 32.4 Å². The smallest absolute Gasteiger partial charge is 0.266 e. The van der Waals surface area contributed by atoms with Crippen LogP contribution in [0.5, 0.6) is 0 Å². The molecule has 1 fully saturated rings. The number of hydrogen-bond donors (Lipinski definition) is 0. The standard InChI is InChI=1S/C22H26N3OS.HI/c1-25(14-8-3-9-15-25)16-17-27-22-23-20-13-7-6-12-19(20)21(26)24(22)18-10-4-2-5-11-18;/h2,4-7,10-13H,3,8-9,14-17H2,1H3;1H/q+1;/p-1. The van der Waals surface area contributed by atoms with Crippen LogP contribution in [-0.4, -0.2) is 46.5 Å². The van der Waals surface area contributed by atoms with Gasteiger partial charge in [-0.05, 0) is 43.5 Å². The second-order valence-corrected chi connectivity index (χ2v) is 8.65. The molecule has 0 radical (unpaired) electrons. The maximum Gasteiger partial charge on any atom is 0.266 e. The lowest BCUT2D eigenvalue weighted by atomic mass is 10.1. The van der Waals surface area contributed by atoms with Gasteiger partial charge in [0.2, 0.25) is 0 Å². The average molecular weight is 507 g/mol. The summed E-state index contributed by atoms with van der Waals surface area (Å²) in [5, 5.41) is 1.45. The fourth-order valence-electron chi connectivity index (χ4n) is 3.87. The van der Waals surface area contributed by atoms with Crippen LogP contribution in [0.15, 0.2) is 64.5 Å². The number of fused-ring (bicyclic) bond motifs is 1. The van der Waals surface area contributed by atoms with E-state index in [1.54, 1.807) is 16.3 Å². The number of benzene rings is 2. The molecule has 1 aliphatic heterocycles. The third-order valence-electron chi connectivity index (χ3n) is 5.52. The van der Waals surface area contributed by atoms with E-state index in [-0.39, 0.29) is 29.5 Å². The lowest BCUT2D eigenvalue weighted by molar-refractivity contribution is -0.911. The molecule has 1 saturated heterocycles. The first-order valence-electron chi connectivity index (χ1n) is 9.70. The van der Waals surface area contributed by atoms with Gasteiger partial charge in [0.15, 0.2) is 5.16 Å².